The number of nitrogens with one attached hydrogen (secondary N) is 1. The Bertz CT molecular complexity index is 231. The highest BCUT2D eigenvalue weighted by atomic mass is 16.3. The van der Waals surface area contributed by atoms with Crippen molar-refractivity contribution in [2.75, 3.05) is 6.61 Å². The molecule has 4 heteroatoms. The Morgan fingerprint density at radius 3 is 2.05 bits per heavy atom. The van der Waals surface area contributed by atoms with Gasteiger partial charge in [0.1, 0.15) is 12.3 Å². The fraction of sp³-hybridized carbons (Fsp3) is 0.867. The van der Waals surface area contributed by atoms with E-state index in [1.807, 2.05) is 0 Å². The van der Waals surface area contributed by atoms with Gasteiger partial charge in [0, 0.05) is 6.42 Å². The number of carbonyl (C=O) groups is 2. The highest BCUT2D eigenvalue weighted by Crippen LogP contribution is 2.10. The first-order valence-corrected chi connectivity index (χ1v) is 7.60. The highest BCUT2D eigenvalue weighted by molar-refractivity contribution is 5.79. The second-order valence-electron chi connectivity index (χ2n) is 5.07. The molecule has 0 spiro atoms. The summed E-state index contributed by atoms with van der Waals surface area (Å²) in [5, 5.41) is 11.2. The molecule has 0 aliphatic heterocycles. The van der Waals surface area contributed by atoms with Gasteiger partial charge in [-0.1, -0.05) is 58.3 Å². The molecule has 19 heavy (non-hydrogen) atoms. The van der Waals surface area contributed by atoms with Crippen molar-refractivity contribution >= 4 is 12.2 Å². The number of hydrogen-bond donors (Lipinski definition) is 2. The Hall–Kier alpha value is -0.900. The molecule has 0 aromatic rings. The van der Waals surface area contributed by atoms with E-state index >= 15 is 0 Å². The molecule has 0 rings (SSSR count). The Morgan fingerprint density at radius 2 is 1.58 bits per heavy atom. The van der Waals surface area contributed by atoms with Gasteiger partial charge in [-0.2, -0.15) is 0 Å². The van der Waals surface area contributed by atoms with Gasteiger partial charge in [0.25, 0.3) is 0 Å². The van der Waals surface area contributed by atoms with Crippen LogP contribution >= 0.6 is 0 Å². The summed E-state index contributed by atoms with van der Waals surface area (Å²) in [5.41, 5.74) is 0. The van der Waals surface area contributed by atoms with Crippen LogP contribution in [0.25, 0.3) is 0 Å². The van der Waals surface area contributed by atoms with E-state index in [2.05, 4.69) is 12.2 Å². The average molecular weight is 271 g/mol. The van der Waals surface area contributed by atoms with Crippen LogP contribution in [0.4, 0.5) is 0 Å². The number of amides is 1. The van der Waals surface area contributed by atoms with E-state index in [9.17, 15) is 9.59 Å². The van der Waals surface area contributed by atoms with E-state index in [4.69, 9.17) is 5.11 Å². The number of aliphatic hydroxyl groups is 1. The minimum Gasteiger partial charge on any atom is -0.394 e. The second-order valence-corrected chi connectivity index (χ2v) is 5.07. The first-order chi connectivity index (χ1) is 9.24. The van der Waals surface area contributed by atoms with Crippen LogP contribution in [-0.4, -0.2) is 29.9 Å². The summed E-state index contributed by atoms with van der Waals surface area (Å²) in [5.74, 6) is -0.144. The van der Waals surface area contributed by atoms with Gasteiger partial charge in [-0.3, -0.25) is 4.79 Å². The zero-order chi connectivity index (χ0) is 14.3. The van der Waals surface area contributed by atoms with Gasteiger partial charge in [0.15, 0.2) is 0 Å². The molecule has 0 heterocycles. The SMILES string of the molecule is CCCCCCCCCCCC(=O)NC(C=O)CO. The van der Waals surface area contributed by atoms with Gasteiger partial charge in [0.2, 0.25) is 5.91 Å². The topological polar surface area (TPSA) is 66.4 Å². The van der Waals surface area contributed by atoms with Crippen LogP contribution in [0.2, 0.25) is 0 Å². The van der Waals surface area contributed by atoms with Crippen molar-refractivity contribution in [1.82, 2.24) is 5.32 Å². The van der Waals surface area contributed by atoms with Gasteiger partial charge < -0.3 is 15.2 Å². The monoisotopic (exact) mass is 271 g/mol. The van der Waals surface area contributed by atoms with E-state index in [0.29, 0.717) is 12.7 Å². The molecular formula is C15H29NO3. The maximum atomic E-state index is 11.4. The molecule has 0 aliphatic rings. The summed E-state index contributed by atoms with van der Waals surface area (Å²) >= 11 is 0. The lowest BCUT2D eigenvalue weighted by Gasteiger charge is -2.09. The lowest BCUT2D eigenvalue weighted by molar-refractivity contribution is -0.124. The molecule has 0 radical (unpaired) electrons. The van der Waals surface area contributed by atoms with Crippen LogP contribution < -0.4 is 5.32 Å². The van der Waals surface area contributed by atoms with E-state index in [1.54, 1.807) is 0 Å². The van der Waals surface area contributed by atoms with Crippen molar-refractivity contribution in [3.05, 3.63) is 0 Å². The highest BCUT2D eigenvalue weighted by Gasteiger charge is 2.08. The minimum absolute atomic E-state index is 0.144. The van der Waals surface area contributed by atoms with Crippen LogP contribution in [0.3, 0.4) is 0 Å². The number of hydrogen-bond acceptors (Lipinski definition) is 3. The van der Waals surface area contributed by atoms with Crippen LogP contribution in [-0.2, 0) is 9.59 Å². The van der Waals surface area contributed by atoms with Gasteiger partial charge in [-0.15, -0.1) is 0 Å². The van der Waals surface area contributed by atoms with Gasteiger partial charge in [-0.05, 0) is 6.42 Å². The zero-order valence-electron chi connectivity index (χ0n) is 12.2. The third kappa shape index (κ3) is 11.9. The molecule has 112 valence electrons. The first kappa shape index (κ1) is 18.1. The lowest BCUT2D eigenvalue weighted by atomic mass is 10.1. The fourth-order valence-corrected chi connectivity index (χ4v) is 2.00. The molecule has 0 saturated carbocycles. The summed E-state index contributed by atoms with van der Waals surface area (Å²) in [7, 11) is 0. The van der Waals surface area contributed by atoms with Gasteiger partial charge >= 0.3 is 0 Å². The summed E-state index contributed by atoms with van der Waals surface area (Å²) in [6, 6.07) is -0.744. The summed E-state index contributed by atoms with van der Waals surface area (Å²) in [6.07, 6.45) is 11.9. The second kappa shape index (κ2) is 13.5. The van der Waals surface area contributed by atoms with Crippen molar-refractivity contribution in [3.63, 3.8) is 0 Å². The quantitative estimate of drug-likeness (QED) is 0.400. The standard InChI is InChI=1S/C15H29NO3/c1-2-3-4-5-6-7-8-9-10-11-15(19)16-14(12-17)13-18/h12,14,18H,2-11,13H2,1H3,(H,16,19). The van der Waals surface area contributed by atoms with E-state index in [0.717, 1.165) is 12.8 Å². The molecular weight excluding hydrogens is 242 g/mol. The van der Waals surface area contributed by atoms with Crippen molar-refractivity contribution in [1.29, 1.82) is 0 Å². The molecule has 0 aliphatic carbocycles. The fourth-order valence-electron chi connectivity index (χ4n) is 2.00. The maximum absolute atomic E-state index is 11.4. The van der Waals surface area contributed by atoms with Crippen LogP contribution in [0, 0.1) is 0 Å². The molecule has 1 unspecified atom stereocenters. The summed E-state index contributed by atoms with van der Waals surface area (Å²) in [6.45, 7) is 1.89. The Balaban J connectivity index is 3.29. The molecule has 0 saturated heterocycles. The smallest absolute Gasteiger partial charge is 0.220 e. The number of rotatable bonds is 13. The van der Waals surface area contributed by atoms with Gasteiger partial charge in [-0.25, -0.2) is 0 Å². The normalized spacial score (nSPS) is 12.1. The van der Waals surface area contributed by atoms with Crippen molar-refractivity contribution in [2.45, 2.75) is 77.2 Å². The largest absolute Gasteiger partial charge is 0.394 e. The van der Waals surface area contributed by atoms with Crippen LogP contribution in [0.15, 0.2) is 0 Å². The number of carbonyl (C=O) groups excluding carboxylic acids is 2. The minimum atomic E-state index is -0.744. The van der Waals surface area contributed by atoms with E-state index in [-0.39, 0.29) is 12.5 Å². The van der Waals surface area contributed by atoms with E-state index < -0.39 is 6.04 Å². The Kier molecular flexibility index (Phi) is 12.9. The number of unbranched alkanes of at least 4 members (excludes halogenated alkanes) is 8. The number of aliphatic hydroxyl groups excluding tert-OH is 1. The van der Waals surface area contributed by atoms with Crippen LogP contribution in [0.5, 0.6) is 0 Å². The molecule has 0 bridgehead atoms. The Labute approximate surface area is 117 Å². The molecule has 4 nitrogen and oxygen atoms in total. The van der Waals surface area contributed by atoms with Crippen molar-refractivity contribution in [3.8, 4) is 0 Å². The van der Waals surface area contributed by atoms with Crippen molar-refractivity contribution in [2.24, 2.45) is 0 Å². The van der Waals surface area contributed by atoms with Crippen molar-refractivity contribution < 1.29 is 14.7 Å². The molecule has 1 atom stereocenters. The van der Waals surface area contributed by atoms with Crippen LogP contribution in [0.1, 0.15) is 71.1 Å². The molecule has 0 aromatic heterocycles. The molecule has 1 amide bonds. The lowest BCUT2D eigenvalue weighted by Crippen LogP contribution is -2.38. The summed E-state index contributed by atoms with van der Waals surface area (Å²) < 4.78 is 0. The predicted molar refractivity (Wildman–Crippen MR) is 76.9 cm³/mol. The van der Waals surface area contributed by atoms with E-state index in [1.165, 1.54) is 44.9 Å². The first-order valence-electron chi connectivity index (χ1n) is 7.60. The van der Waals surface area contributed by atoms with Gasteiger partial charge in [0.05, 0.1) is 6.61 Å². The number of aldehydes is 1. The average Bonchev–Trinajstić information content (AvgIpc) is 2.43. The molecule has 0 aromatic carbocycles. The Morgan fingerprint density at radius 1 is 1.05 bits per heavy atom. The molecule has 0 fully saturated rings. The zero-order valence-corrected chi connectivity index (χ0v) is 12.2. The summed E-state index contributed by atoms with van der Waals surface area (Å²) in [4.78, 5) is 21.8. The third-order valence-corrected chi connectivity index (χ3v) is 3.21. The molecule has 2 N–H and O–H groups in total. The third-order valence-electron chi connectivity index (χ3n) is 3.21. The predicted octanol–water partition coefficient (Wildman–Crippen LogP) is 2.58. The maximum Gasteiger partial charge on any atom is 0.220 e.